The molecular weight excluding hydrogens is 314 g/mol. The highest BCUT2D eigenvalue weighted by Crippen LogP contribution is 1.94. The van der Waals surface area contributed by atoms with E-state index in [1.807, 2.05) is 0 Å². The van der Waals surface area contributed by atoms with Crippen LogP contribution < -0.4 is 5.90 Å². The summed E-state index contributed by atoms with van der Waals surface area (Å²) in [5.74, 6) is 0.142. The van der Waals surface area contributed by atoms with Gasteiger partial charge in [0.1, 0.15) is 0 Å². The van der Waals surface area contributed by atoms with E-state index < -0.39 is 50.1 Å². The van der Waals surface area contributed by atoms with Crippen LogP contribution in [0.5, 0.6) is 0 Å². The Morgan fingerprint density at radius 3 is 1.36 bits per heavy atom. The molecule has 0 aromatic rings. The monoisotopic (exact) mass is 333 g/mol. The zero-order chi connectivity index (χ0) is 16.4. The predicted molar refractivity (Wildman–Crippen MR) is 74.6 cm³/mol. The fourth-order valence-electron chi connectivity index (χ4n) is 1.50. The Kier molecular flexibility index (Phi) is 12.5. The quantitative estimate of drug-likeness (QED) is 0.217. The first-order valence-electron chi connectivity index (χ1n) is 5.74. The Hall–Kier alpha value is -1.47. The Labute approximate surface area is 141 Å². The molecule has 0 amide bonds. The van der Waals surface area contributed by atoms with Crippen LogP contribution in [0.15, 0.2) is 0 Å². The molecule has 0 unspecified atom stereocenters. The largest absolute Gasteiger partial charge is 0.480 e. The number of hydrogen-bond donors (Lipinski definition) is 4. The van der Waals surface area contributed by atoms with Crippen molar-refractivity contribution in [1.29, 1.82) is 0 Å². The van der Waals surface area contributed by atoms with Crippen molar-refractivity contribution >= 4 is 46.9 Å². The summed E-state index contributed by atoms with van der Waals surface area (Å²) in [6.07, 6.45) is 0. The molecule has 0 aliphatic carbocycles. The summed E-state index contributed by atoms with van der Waals surface area (Å²) < 4.78 is 0. The Balaban J connectivity index is 0. The molecule has 0 atom stereocenters. The highest BCUT2D eigenvalue weighted by Gasteiger charge is 2.18. The molecule has 124 valence electrons. The van der Waals surface area contributed by atoms with Crippen molar-refractivity contribution < 1.29 is 39.3 Å². The van der Waals surface area contributed by atoms with E-state index in [-0.39, 0.29) is 36.1 Å². The molecule has 0 radical (unpaired) electrons. The summed E-state index contributed by atoms with van der Waals surface area (Å²) in [7, 11) is 0. The van der Waals surface area contributed by atoms with Gasteiger partial charge in [-0.05, 0) is 0 Å². The maximum atomic E-state index is 11.0. The van der Waals surface area contributed by atoms with Gasteiger partial charge in [-0.1, -0.05) is 0 Å². The summed E-state index contributed by atoms with van der Waals surface area (Å²) in [6, 6.07) is 0. The van der Waals surface area contributed by atoms with Gasteiger partial charge >= 0.3 is 46.9 Å². The minimum absolute atomic E-state index is 0. The van der Waals surface area contributed by atoms with Crippen molar-refractivity contribution in [3.8, 4) is 0 Å². The first-order chi connectivity index (χ1) is 9.74. The maximum absolute atomic E-state index is 11.0. The van der Waals surface area contributed by atoms with E-state index in [0.717, 1.165) is 9.80 Å². The molecule has 12 heteroatoms. The average Bonchev–Trinajstić information content (AvgIpc) is 2.33. The van der Waals surface area contributed by atoms with Crippen LogP contribution in [0, 0.1) is 0 Å². The van der Waals surface area contributed by atoms with Gasteiger partial charge < -0.3 is 20.2 Å². The third-order valence-electron chi connectivity index (χ3n) is 2.29. The second-order valence-electron chi connectivity index (χ2n) is 4.09. The molecule has 5 N–H and O–H groups in total. The number of carbonyl (C=O) groups is 4. The fourth-order valence-corrected chi connectivity index (χ4v) is 1.50. The van der Waals surface area contributed by atoms with E-state index in [1.165, 1.54) is 0 Å². The van der Waals surface area contributed by atoms with E-state index in [9.17, 15) is 19.2 Å². The van der Waals surface area contributed by atoms with Crippen LogP contribution in [-0.4, -0.2) is 111 Å². The molecule has 11 nitrogen and oxygen atoms in total. The summed E-state index contributed by atoms with van der Waals surface area (Å²) in [4.78, 5) is 49.0. The van der Waals surface area contributed by atoms with E-state index in [4.69, 9.17) is 15.3 Å². The Morgan fingerprint density at radius 2 is 1.09 bits per heavy atom. The second-order valence-corrected chi connectivity index (χ2v) is 4.09. The topological polar surface area (TPSA) is 171 Å². The van der Waals surface area contributed by atoms with Crippen LogP contribution in [0.25, 0.3) is 0 Å². The number of hydrogen-bond acceptors (Lipinski definition) is 8. The summed E-state index contributed by atoms with van der Waals surface area (Å²) in [6.45, 7) is -2.03. The van der Waals surface area contributed by atoms with Crippen LogP contribution in [0.4, 0.5) is 0 Å². The molecule has 0 saturated heterocycles. The molecule has 0 spiro atoms. The molecule has 0 aromatic heterocycles. The lowest BCUT2D eigenvalue weighted by atomic mass is 10.4. The number of rotatable bonds is 11. The standard InChI is InChI=1S/C10H17N3O8.Mg.2H/c11-21-10(20)6-13(5-9(18)19)2-1-12(3-7(14)15)4-8(16)17;;;/h1-6,11H2,(H,14,15)(H,16,17)(H,18,19);;;. The highest BCUT2D eigenvalue weighted by molar-refractivity contribution is 5.75. The van der Waals surface area contributed by atoms with Gasteiger partial charge in [0.05, 0.1) is 26.2 Å². The molecule has 0 aromatic carbocycles. The Morgan fingerprint density at radius 1 is 0.773 bits per heavy atom. The zero-order valence-corrected chi connectivity index (χ0v) is 11.1. The highest BCUT2D eigenvalue weighted by atomic mass is 24.3. The van der Waals surface area contributed by atoms with Gasteiger partial charge in [-0.3, -0.25) is 24.2 Å². The number of carbonyl (C=O) groups excluding carboxylic acids is 1. The lowest BCUT2D eigenvalue weighted by Crippen LogP contribution is -2.43. The van der Waals surface area contributed by atoms with Crippen LogP contribution in [0.2, 0.25) is 0 Å². The second kappa shape index (κ2) is 12.1. The van der Waals surface area contributed by atoms with Crippen molar-refractivity contribution in [1.82, 2.24) is 9.80 Å². The van der Waals surface area contributed by atoms with E-state index >= 15 is 0 Å². The van der Waals surface area contributed by atoms with E-state index in [2.05, 4.69) is 10.7 Å². The van der Waals surface area contributed by atoms with Crippen LogP contribution >= 0.6 is 0 Å². The minimum Gasteiger partial charge on any atom is -0.480 e. The molecule has 0 aliphatic rings. The van der Waals surface area contributed by atoms with Crippen LogP contribution in [0.1, 0.15) is 0 Å². The fraction of sp³-hybridized carbons (Fsp3) is 0.600. The van der Waals surface area contributed by atoms with Gasteiger partial charge in [0.25, 0.3) is 0 Å². The van der Waals surface area contributed by atoms with Crippen LogP contribution in [-0.2, 0) is 24.0 Å². The van der Waals surface area contributed by atoms with E-state index in [0.29, 0.717) is 0 Å². The summed E-state index contributed by atoms with van der Waals surface area (Å²) in [5, 5.41) is 26.0. The van der Waals surface area contributed by atoms with Gasteiger partial charge in [0.2, 0.25) is 0 Å². The predicted octanol–water partition coefficient (Wildman–Crippen LogP) is -3.66. The lowest BCUT2D eigenvalue weighted by molar-refractivity contribution is -0.148. The third-order valence-corrected chi connectivity index (χ3v) is 2.29. The molecule has 0 fully saturated rings. The molecule has 22 heavy (non-hydrogen) atoms. The van der Waals surface area contributed by atoms with Gasteiger partial charge in [-0.2, -0.15) is 5.90 Å². The number of aliphatic carboxylic acids is 3. The van der Waals surface area contributed by atoms with Crippen molar-refractivity contribution in [2.45, 2.75) is 0 Å². The smallest absolute Gasteiger partial charge is 0.338 e. The third kappa shape index (κ3) is 12.3. The first-order valence-corrected chi connectivity index (χ1v) is 5.74. The average molecular weight is 334 g/mol. The van der Waals surface area contributed by atoms with Crippen molar-refractivity contribution in [2.75, 3.05) is 39.3 Å². The number of nitrogens with zero attached hydrogens (tertiary/aromatic N) is 2. The van der Waals surface area contributed by atoms with Gasteiger partial charge in [0.15, 0.2) is 0 Å². The maximum Gasteiger partial charge on any atom is 0.338 e. The normalized spacial score (nSPS) is 10.1. The molecule has 0 bridgehead atoms. The van der Waals surface area contributed by atoms with Crippen molar-refractivity contribution in [3.05, 3.63) is 0 Å². The zero-order valence-electron chi connectivity index (χ0n) is 11.1. The van der Waals surface area contributed by atoms with E-state index in [1.54, 1.807) is 0 Å². The summed E-state index contributed by atoms with van der Waals surface area (Å²) >= 11 is 0. The van der Waals surface area contributed by atoms with Crippen LogP contribution in [0.3, 0.4) is 0 Å². The molecule has 0 rings (SSSR count). The number of carboxylic acids is 3. The van der Waals surface area contributed by atoms with Gasteiger partial charge in [-0.25, -0.2) is 4.79 Å². The van der Waals surface area contributed by atoms with Crippen molar-refractivity contribution in [3.63, 3.8) is 0 Å². The Bertz CT molecular complexity index is 390. The number of nitrogens with two attached hydrogens (primary N) is 1. The number of carboxylic acid groups (broad SMARTS) is 3. The molecule has 0 aliphatic heterocycles. The molecule has 0 saturated carbocycles. The lowest BCUT2D eigenvalue weighted by Gasteiger charge is -2.23. The van der Waals surface area contributed by atoms with Gasteiger partial charge in [0, 0.05) is 13.1 Å². The van der Waals surface area contributed by atoms with Crippen molar-refractivity contribution in [2.24, 2.45) is 5.90 Å². The molecule has 0 heterocycles. The van der Waals surface area contributed by atoms with Gasteiger partial charge in [-0.15, -0.1) is 0 Å². The minimum atomic E-state index is -1.22. The first kappa shape index (κ1) is 22.8. The summed E-state index contributed by atoms with van der Waals surface area (Å²) in [5.41, 5.74) is 0. The molecular formula is C10H19MgN3O8. The SMILES string of the molecule is NOC(=O)CN(CCN(CC(=O)O)CC(=O)O)CC(=O)O.[MgH2].